The number of nitrogens with zero attached hydrogens (tertiary/aromatic N) is 1. The van der Waals surface area contributed by atoms with Crippen molar-refractivity contribution < 1.29 is 14.3 Å². The second-order valence-electron chi connectivity index (χ2n) is 7.50. The van der Waals surface area contributed by atoms with E-state index in [1.807, 2.05) is 53.4 Å². The molecule has 2 fully saturated rings. The molecule has 1 N–H and O–H groups in total. The molecular weight excluding hydrogens is 352 g/mol. The monoisotopic (exact) mass is 378 g/mol. The molecule has 1 saturated heterocycles. The summed E-state index contributed by atoms with van der Waals surface area (Å²) in [6.07, 6.45) is 3.11. The highest BCUT2D eigenvalue weighted by Gasteiger charge is 2.47. The number of ether oxygens (including phenoxy) is 1. The van der Waals surface area contributed by atoms with E-state index in [0.717, 1.165) is 31.2 Å². The summed E-state index contributed by atoms with van der Waals surface area (Å²) in [5.41, 5.74) is 2.21. The first kappa shape index (κ1) is 18.7. The Morgan fingerprint density at radius 2 is 1.71 bits per heavy atom. The van der Waals surface area contributed by atoms with Gasteiger partial charge in [-0.3, -0.25) is 9.59 Å². The maximum Gasteiger partial charge on any atom is 0.251 e. The zero-order valence-corrected chi connectivity index (χ0v) is 15.9. The van der Waals surface area contributed by atoms with Crippen LogP contribution < -0.4 is 5.32 Å². The van der Waals surface area contributed by atoms with Gasteiger partial charge in [-0.1, -0.05) is 60.7 Å². The fourth-order valence-electron chi connectivity index (χ4n) is 3.87. The highest BCUT2D eigenvalue weighted by molar-refractivity contribution is 5.86. The van der Waals surface area contributed by atoms with Crippen molar-refractivity contribution in [2.45, 2.75) is 43.9 Å². The Morgan fingerprint density at radius 1 is 1.04 bits per heavy atom. The van der Waals surface area contributed by atoms with Crippen molar-refractivity contribution in [3.05, 3.63) is 71.8 Å². The van der Waals surface area contributed by atoms with Crippen molar-refractivity contribution in [3.63, 3.8) is 0 Å². The van der Waals surface area contributed by atoms with E-state index in [1.165, 1.54) is 5.56 Å². The standard InChI is InChI=1S/C23H26N2O3/c26-20-16-28-22(23(27)24-15-7-10-17-8-3-1-4-9-17)21(25(20)19-13-14-19)18-11-5-2-6-12-18/h1-6,8-9,11-12,19,21-22H,7,10,13-16H2,(H,24,27)/t21-,22+/m0/s1. The van der Waals surface area contributed by atoms with Crippen LogP contribution >= 0.6 is 0 Å². The number of hydrogen-bond donors (Lipinski definition) is 1. The van der Waals surface area contributed by atoms with Crippen LogP contribution in [-0.4, -0.2) is 42.0 Å². The molecule has 1 saturated carbocycles. The summed E-state index contributed by atoms with van der Waals surface area (Å²) in [6.45, 7) is 0.564. The molecule has 2 amide bonds. The van der Waals surface area contributed by atoms with Gasteiger partial charge in [-0.15, -0.1) is 0 Å². The van der Waals surface area contributed by atoms with Gasteiger partial charge >= 0.3 is 0 Å². The van der Waals surface area contributed by atoms with E-state index >= 15 is 0 Å². The number of nitrogens with one attached hydrogen (secondary N) is 1. The van der Waals surface area contributed by atoms with Gasteiger partial charge in [0.15, 0.2) is 6.10 Å². The number of morpholine rings is 1. The third kappa shape index (κ3) is 4.25. The Labute approximate surface area is 165 Å². The largest absolute Gasteiger partial charge is 0.356 e. The molecule has 2 aromatic carbocycles. The fourth-order valence-corrected chi connectivity index (χ4v) is 3.87. The number of aryl methyl sites for hydroxylation is 1. The van der Waals surface area contributed by atoms with E-state index in [9.17, 15) is 9.59 Å². The van der Waals surface area contributed by atoms with Gasteiger partial charge in [0.05, 0.1) is 6.04 Å². The highest BCUT2D eigenvalue weighted by atomic mass is 16.5. The SMILES string of the molecule is O=C(NCCCc1ccccc1)[C@@H]1OCC(=O)N(C2CC2)[C@H]1c1ccccc1. The van der Waals surface area contributed by atoms with E-state index in [0.29, 0.717) is 6.54 Å². The van der Waals surface area contributed by atoms with E-state index in [1.54, 1.807) is 0 Å². The van der Waals surface area contributed by atoms with Crippen LogP contribution in [0, 0.1) is 0 Å². The van der Waals surface area contributed by atoms with Gasteiger partial charge < -0.3 is 15.0 Å². The van der Waals surface area contributed by atoms with Crippen LogP contribution in [0.4, 0.5) is 0 Å². The Morgan fingerprint density at radius 3 is 2.39 bits per heavy atom. The minimum Gasteiger partial charge on any atom is -0.356 e. The molecule has 146 valence electrons. The van der Waals surface area contributed by atoms with Crippen molar-refractivity contribution in [3.8, 4) is 0 Å². The van der Waals surface area contributed by atoms with Crippen molar-refractivity contribution in [1.29, 1.82) is 0 Å². The number of benzene rings is 2. The van der Waals surface area contributed by atoms with Crippen molar-refractivity contribution in [2.24, 2.45) is 0 Å². The Hall–Kier alpha value is -2.66. The van der Waals surface area contributed by atoms with E-state index in [4.69, 9.17) is 4.74 Å². The summed E-state index contributed by atoms with van der Waals surface area (Å²) >= 11 is 0. The zero-order chi connectivity index (χ0) is 19.3. The summed E-state index contributed by atoms with van der Waals surface area (Å²) in [4.78, 5) is 27.3. The van der Waals surface area contributed by atoms with Crippen LogP contribution in [0.2, 0.25) is 0 Å². The lowest BCUT2D eigenvalue weighted by atomic mass is 9.96. The predicted molar refractivity (Wildman–Crippen MR) is 107 cm³/mol. The summed E-state index contributed by atoms with van der Waals surface area (Å²) in [5.74, 6) is -0.162. The third-order valence-electron chi connectivity index (χ3n) is 5.38. The molecule has 28 heavy (non-hydrogen) atoms. The van der Waals surface area contributed by atoms with E-state index < -0.39 is 6.10 Å². The summed E-state index contributed by atoms with van der Waals surface area (Å²) in [7, 11) is 0. The second kappa shape index (κ2) is 8.57. The molecule has 0 radical (unpaired) electrons. The van der Waals surface area contributed by atoms with E-state index in [-0.39, 0.29) is 30.5 Å². The van der Waals surface area contributed by atoms with Crippen molar-refractivity contribution in [2.75, 3.05) is 13.2 Å². The second-order valence-corrected chi connectivity index (χ2v) is 7.50. The lowest BCUT2D eigenvalue weighted by Crippen LogP contribution is -2.55. The number of hydrogen-bond acceptors (Lipinski definition) is 3. The third-order valence-corrected chi connectivity index (χ3v) is 5.38. The first-order chi connectivity index (χ1) is 13.7. The molecule has 1 heterocycles. The molecule has 0 aromatic heterocycles. The Bertz CT molecular complexity index is 805. The van der Waals surface area contributed by atoms with Crippen LogP contribution in [0.15, 0.2) is 60.7 Å². The number of amides is 2. The molecule has 4 rings (SSSR count). The average molecular weight is 378 g/mol. The molecule has 0 spiro atoms. The molecule has 2 atom stereocenters. The molecule has 5 nitrogen and oxygen atoms in total. The first-order valence-electron chi connectivity index (χ1n) is 10.0. The van der Waals surface area contributed by atoms with Crippen molar-refractivity contribution in [1.82, 2.24) is 10.2 Å². The summed E-state index contributed by atoms with van der Waals surface area (Å²) in [5, 5.41) is 3.02. The molecule has 2 aromatic rings. The van der Waals surface area contributed by atoms with Gasteiger partial charge in [0.2, 0.25) is 5.91 Å². The lowest BCUT2D eigenvalue weighted by molar-refractivity contribution is -0.165. The van der Waals surface area contributed by atoms with Crippen LogP contribution in [-0.2, 0) is 20.7 Å². The smallest absolute Gasteiger partial charge is 0.251 e. The van der Waals surface area contributed by atoms with Gasteiger partial charge in [0.1, 0.15) is 6.61 Å². The van der Waals surface area contributed by atoms with Crippen LogP contribution in [0.25, 0.3) is 0 Å². The quantitative estimate of drug-likeness (QED) is 0.754. The molecule has 0 bridgehead atoms. The number of carbonyl (C=O) groups is 2. The molecule has 0 unspecified atom stereocenters. The molecule has 1 aliphatic heterocycles. The zero-order valence-electron chi connectivity index (χ0n) is 15.9. The van der Waals surface area contributed by atoms with E-state index in [2.05, 4.69) is 17.4 Å². The number of rotatable bonds is 7. The van der Waals surface area contributed by atoms with Crippen LogP contribution in [0.3, 0.4) is 0 Å². The van der Waals surface area contributed by atoms with Crippen LogP contribution in [0.5, 0.6) is 0 Å². The minimum atomic E-state index is -0.669. The van der Waals surface area contributed by atoms with Gasteiger partial charge in [-0.2, -0.15) is 0 Å². The predicted octanol–water partition coefficient (Wildman–Crippen LogP) is 2.87. The molecular formula is C23H26N2O3. The molecule has 1 aliphatic carbocycles. The first-order valence-corrected chi connectivity index (χ1v) is 10.0. The summed E-state index contributed by atoms with van der Waals surface area (Å²) in [6, 6.07) is 19.9. The topological polar surface area (TPSA) is 58.6 Å². The Balaban J connectivity index is 1.42. The average Bonchev–Trinajstić information content (AvgIpc) is 3.57. The lowest BCUT2D eigenvalue weighted by Gasteiger charge is -2.40. The van der Waals surface area contributed by atoms with Crippen molar-refractivity contribution >= 4 is 11.8 Å². The Kier molecular flexibility index (Phi) is 5.72. The summed E-state index contributed by atoms with van der Waals surface area (Å²) < 4.78 is 5.74. The van der Waals surface area contributed by atoms with Gasteiger partial charge in [-0.25, -0.2) is 0 Å². The van der Waals surface area contributed by atoms with Crippen LogP contribution in [0.1, 0.15) is 36.4 Å². The van der Waals surface area contributed by atoms with Gasteiger partial charge in [-0.05, 0) is 36.8 Å². The fraction of sp³-hybridized carbons (Fsp3) is 0.391. The molecule has 2 aliphatic rings. The van der Waals surface area contributed by atoms with Gasteiger partial charge in [0.25, 0.3) is 5.91 Å². The maximum absolute atomic E-state index is 12.9. The highest BCUT2D eigenvalue weighted by Crippen LogP contribution is 2.39. The maximum atomic E-state index is 12.9. The number of carbonyl (C=O) groups excluding carboxylic acids is 2. The minimum absolute atomic E-state index is 0.0236. The normalized spacial score (nSPS) is 22.1. The van der Waals surface area contributed by atoms with Gasteiger partial charge in [0, 0.05) is 12.6 Å². The molecule has 5 heteroatoms.